The Kier molecular flexibility index (Phi) is 3.69. The standard InChI is InChI=1S/C16H21N3O4/c20-14(11-8-23-6-4-17-11)18-3-5-19-15(21)12-9-1-2-10(7-9)13(12)16(19)22/h1-2,9-13,17H,3-8H2,(H,18,20). The van der Waals surface area contributed by atoms with Gasteiger partial charge in [0.05, 0.1) is 25.0 Å². The molecule has 4 rings (SSSR count). The zero-order valence-corrected chi connectivity index (χ0v) is 12.9. The number of imide groups is 1. The first-order valence-electron chi connectivity index (χ1n) is 8.29. The number of hydrogen-bond donors (Lipinski definition) is 2. The van der Waals surface area contributed by atoms with Gasteiger partial charge in [-0.2, -0.15) is 0 Å². The Hall–Kier alpha value is -1.73. The predicted molar refractivity (Wildman–Crippen MR) is 80.1 cm³/mol. The largest absolute Gasteiger partial charge is 0.378 e. The highest BCUT2D eigenvalue weighted by molar-refractivity contribution is 6.06. The molecule has 2 bridgehead atoms. The molecular weight excluding hydrogens is 298 g/mol. The van der Waals surface area contributed by atoms with Gasteiger partial charge in [0.1, 0.15) is 6.04 Å². The van der Waals surface area contributed by atoms with Crippen molar-refractivity contribution < 1.29 is 19.1 Å². The molecule has 2 heterocycles. The summed E-state index contributed by atoms with van der Waals surface area (Å²) in [5, 5.41) is 5.86. The van der Waals surface area contributed by atoms with E-state index in [-0.39, 0.29) is 60.5 Å². The third-order valence-corrected chi connectivity index (χ3v) is 5.43. The molecule has 5 unspecified atom stereocenters. The first-order valence-corrected chi connectivity index (χ1v) is 8.29. The highest BCUT2D eigenvalue weighted by atomic mass is 16.5. The number of rotatable bonds is 4. The second-order valence-corrected chi connectivity index (χ2v) is 6.70. The maximum absolute atomic E-state index is 12.5. The maximum Gasteiger partial charge on any atom is 0.239 e. The van der Waals surface area contributed by atoms with E-state index in [0.29, 0.717) is 19.8 Å². The van der Waals surface area contributed by atoms with Gasteiger partial charge < -0.3 is 15.4 Å². The Morgan fingerprint density at radius 1 is 1.26 bits per heavy atom. The number of likely N-dealkylation sites (tertiary alicyclic amines) is 1. The Bertz CT molecular complexity index is 540. The van der Waals surface area contributed by atoms with Crippen LogP contribution in [0.4, 0.5) is 0 Å². The lowest BCUT2D eigenvalue weighted by Crippen LogP contribution is -2.52. The second kappa shape index (κ2) is 5.72. The van der Waals surface area contributed by atoms with Gasteiger partial charge in [0.2, 0.25) is 17.7 Å². The summed E-state index contributed by atoms with van der Waals surface area (Å²) >= 11 is 0. The SMILES string of the molecule is O=C(NCCN1C(=O)C2C3C=CC(C3)C2C1=O)C1COCCN1. The number of nitrogens with zero attached hydrogens (tertiary/aromatic N) is 1. The lowest BCUT2D eigenvalue weighted by Gasteiger charge is -2.23. The fraction of sp³-hybridized carbons (Fsp3) is 0.688. The quantitative estimate of drug-likeness (QED) is 0.507. The molecule has 0 aromatic heterocycles. The Balaban J connectivity index is 1.31. The van der Waals surface area contributed by atoms with E-state index in [1.54, 1.807) is 0 Å². The van der Waals surface area contributed by atoms with Gasteiger partial charge in [-0.05, 0) is 18.3 Å². The lowest BCUT2D eigenvalue weighted by atomic mass is 9.85. The second-order valence-electron chi connectivity index (χ2n) is 6.70. The molecule has 0 radical (unpaired) electrons. The van der Waals surface area contributed by atoms with Crippen molar-refractivity contribution in [3.63, 3.8) is 0 Å². The number of morpholine rings is 1. The van der Waals surface area contributed by atoms with Gasteiger partial charge in [-0.1, -0.05) is 12.2 Å². The Labute approximate surface area is 134 Å². The topological polar surface area (TPSA) is 87.7 Å². The van der Waals surface area contributed by atoms with E-state index < -0.39 is 0 Å². The molecule has 2 saturated heterocycles. The molecular formula is C16H21N3O4. The number of ether oxygens (including phenoxy) is 1. The molecule has 0 spiro atoms. The van der Waals surface area contributed by atoms with Gasteiger partial charge in [0.15, 0.2) is 0 Å². The summed E-state index contributed by atoms with van der Waals surface area (Å²) in [5.41, 5.74) is 0. The van der Waals surface area contributed by atoms with Crippen molar-refractivity contribution in [2.24, 2.45) is 23.7 Å². The molecule has 2 aliphatic heterocycles. The number of allylic oxidation sites excluding steroid dienone is 2. The average molecular weight is 319 g/mol. The van der Waals surface area contributed by atoms with Crippen LogP contribution in [0.25, 0.3) is 0 Å². The number of carbonyl (C=O) groups excluding carboxylic acids is 3. The summed E-state index contributed by atoms with van der Waals surface area (Å²) in [6.45, 7) is 2.16. The van der Waals surface area contributed by atoms with Crippen molar-refractivity contribution in [2.75, 3.05) is 32.8 Å². The third-order valence-electron chi connectivity index (χ3n) is 5.43. The molecule has 2 N–H and O–H groups in total. The molecule has 23 heavy (non-hydrogen) atoms. The van der Waals surface area contributed by atoms with Gasteiger partial charge in [0, 0.05) is 19.6 Å². The van der Waals surface area contributed by atoms with Crippen molar-refractivity contribution in [1.82, 2.24) is 15.5 Å². The monoisotopic (exact) mass is 319 g/mol. The minimum atomic E-state index is -0.354. The molecule has 7 nitrogen and oxygen atoms in total. The average Bonchev–Trinajstić information content (AvgIpc) is 3.25. The summed E-state index contributed by atoms with van der Waals surface area (Å²) in [5.74, 6) is -0.154. The molecule has 124 valence electrons. The summed E-state index contributed by atoms with van der Waals surface area (Å²) in [6, 6.07) is -0.354. The zero-order valence-electron chi connectivity index (χ0n) is 12.9. The number of nitrogens with one attached hydrogen (secondary N) is 2. The molecule has 3 fully saturated rings. The third kappa shape index (κ3) is 2.38. The highest BCUT2D eigenvalue weighted by Gasteiger charge is 2.58. The molecule has 1 saturated carbocycles. The zero-order chi connectivity index (χ0) is 16.0. The van der Waals surface area contributed by atoms with E-state index in [4.69, 9.17) is 4.74 Å². The first kappa shape index (κ1) is 14.8. The van der Waals surface area contributed by atoms with Crippen molar-refractivity contribution in [1.29, 1.82) is 0 Å². The van der Waals surface area contributed by atoms with E-state index in [2.05, 4.69) is 22.8 Å². The van der Waals surface area contributed by atoms with Gasteiger partial charge in [-0.3, -0.25) is 19.3 Å². The van der Waals surface area contributed by atoms with E-state index in [1.807, 2.05) is 0 Å². The number of amides is 3. The van der Waals surface area contributed by atoms with Crippen LogP contribution in [0.5, 0.6) is 0 Å². The maximum atomic E-state index is 12.5. The van der Waals surface area contributed by atoms with E-state index in [1.165, 1.54) is 4.90 Å². The van der Waals surface area contributed by atoms with Crippen molar-refractivity contribution in [3.05, 3.63) is 12.2 Å². The van der Waals surface area contributed by atoms with E-state index in [0.717, 1.165) is 6.42 Å². The van der Waals surface area contributed by atoms with Crippen LogP contribution >= 0.6 is 0 Å². The summed E-state index contributed by atoms with van der Waals surface area (Å²) in [4.78, 5) is 38.3. The predicted octanol–water partition coefficient (Wildman–Crippen LogP) is -1.10. The molecule has 5 atom stereocenters. The van der Waals surface area contributed by atoms with Crippen LogP contribution in [0.2, 0.25) is 0 Å². The van der Waals surface area contributed by atoms with Crippen LogP contribution < -0.4 is 10.6 Å². The fourth-order valence-corrected chi connectivity index (χ4v) is 4.33. The first-order chi connectivity index (χ1) is 11.2. The highest BCUT2D eigenvalue weighted by Crippen LogP contribution is 2.52. The molecule has 0 aromatic rings. The van der Waals surface area contributed by atoms with Gasteiger partial charge in [0.25, 0.3) is 0 Å². The number of hydrogen-bond acceptors (Lipinski definition) is 5. The minimum Gasteiger partial charge on any atom is -0.378 e. The molecule has 0 aromatic carbocycles. The van der Waals surface area contributed by atoms with Crippen LogP contribution in [0, 0.1) is 23.7 Å². The van der Waals surface area contributed by atoms with Gasteiger partial charge in [-0.25, -0.2) is 0 Å². The van der Waals surface area contributed by atoms with Crippen molar-refractivity contribution in [3.8, 4) is 0 Å². The number of carbonyl (C=O) groups is 3. The smallest absolute Gasteiger partial charge is 0.239 e. The number of fused-ring (bicyclic) bond motifs is 5. The normalized spacial score (nSPS) is 38.3. The molecule has 2 aliphatic carbocycles. The summed E-state index contributed by atoms with van der Waals surface area (Å²) in [6.07, 6.45) is 5.10. The summed E-state index contributed by atoms with van der Waals surface area (Å²) < 4.78 is 5.25. The van der Waals surface area contributed by atoms with Crippen LogP contribution in [-0.2, 0) is 19.1 Å². The van der Waals surface area contributed by atoms with Crippen LogP contribution in [-0.4, -0.2) is 61.5 Å². The van der Waals surface area contributed by atoms with Crippen LogP contribution in [0.3, 0.4) is 0 Å². The minimum absolute atomic E-state index is 0.0646. The fourth-order valence-electron chi connectivity index (χ4n) is 4.33. The molecule has 4 aliphatic rings. The van der Waals surface area contributed by atoms with Crippen molar-refractivity contribution in [2.45, 2.75) is 12.5 Å². The Morgan fingerprint density at radius 2 is 1.96 bits per heavy atom. The van der Waals surface area contributed by atoms with Crippen LogP contribution in [0.15, 0.2) is 12.2 Å². The van der Waals surface area contributed by atoms with Crippen LogP contribution in [0.1, 0.15) is 6.42 Å². The molecule has 7 heteroatoms. The lowest BCUT2D eigenvalue weighted by molar-refractivity contribution is -0.141. The van der Waals surface area contributed by atoms with Gasteiger partial charge >= 0.3 is 0 Å². The van der Waals surface area contributed by atoms with Gasteiger partial charge in [-0.15, -0.1) is 0 Å². The van der Waals surface area contributed by atoms with E-state index >= 15 is 0 Å². The van der Waals surface area contributed by atoms with Crippen molar-refractivity contribution >= 4 is 17.7 Å². The molecule has 3 amide bonds. The summed E-state index contributed by atoms with van der Waals surface area (Å²) in [7, 11) is 0. The Morgan fingerprint density at radius 3 is 2.57 bits per heavy atom. The van der Waals surface area contributed by atoms with E-state index in [9.17, 15) is 14.4 Å².